The summed E-state index contributed by atoms with van der Waals surface area (Å²) >= 11 is 3.19. The molecule has 0 bridgehead atoms. The van der Waals surface area contributed by atoms with E-state index in [1.807, 2.05) is 0 Å². The first kappa shape index (κ1) is 17.4. The number of alkyl halides is 3. The van der Waals surface area contributed by atoms with Gasteiger partial charge in [-0.05, 0) is 51.3 Å². The number of halogens is 4. The minimum atomic E-state index is -4.74. The van der Waals surface area contributed by atoms with E-state index in [0.29, 0.717) is 15.6 Å². The lowest BCUT2D eigenvalue weighted by Gasteiger charge is -2.16. The molecule has 1 atom stereocenters. The molecule has 124 valence electrons. The highest BCUT2D eigenvalue weighted by Gasteiger charge is 2.31. The molecule has 0 heterocycles. The lowest BCUT2D eigenvalue weighted by atomic mass is 9.99. The summed E-state index contributed by atoms with van der Waals surface area (Å²) in [5.41, 5.74) is 7.32. The summed E-state index contributed by atoms with van der Waals surface area (Å²) in [5, 5.41) is 9.78. The molecule has 0 amide bonds. The van der Waals surface area contributed by atoms with E-state index in [1.165, 1.54) is 31.4 Å². The Kier molecular flexibility index (Phi) is 5.06. The Morgan fingerprint density at radius 2 is 1.74 bits per heavy atom. The highest BCUT2D eigenvalue weighted by atomic mass is 79.9. The zero-order valence-corrected chi connectivity index (χ0v) is 13.5. The van der Waals surface area contributed by atoms with Crippen LogP contribution < -0.4 is 15.2 Å². The molecule has 0 saturated heterocycles. The van der Waals surface area contributed by atoms with Gasteiger partial charge in [-0.1, -0.05) is 12.1 Å². The van der Waals surface area contributed by atoms with Crippen molar-refractivity contribution in [1.82, 2.24) is 0 Å². The van der Waals surface area contributed by atoms with E-state index in [9.17, 15) is 18.3 Å². The predicted molar refractivity (Wildman–Crippen MR) is 81.5 cm³/mol. The second kappa shape index (κ2) is 6.67. The molecule has 0 unspecified atom stereocenters. The second-order valence-electron chi connectivity index (χ2n) is 4.65. The van der Waals surface area contributed by atoms with Crippen LogP contribution in [-0.4, -0.2) is 18.6 Å². The molecule has 0 aromatic heterocycles. The minimum absolute atomic E-state index is 0.0580. The second-order valence-corrected chi connectivity index (χ2v) is 5.50. The lowest BCUT2D eigenvalue weighted by molar-refractivity contribution is -0.274. The fourth-order valence-corrected chi connectivity index (χ4v) is 2.46. The first-order valence-electron chi connectivity index (χ1n) is 6.39. The van der Waals surface area contributed by atoms with Crippen LogP contribution in [-0.2, 0) is 0 Å². The van der Waals surface area contributed by atoms with Crippen LogP contribution in [0.25, 0.3) is 0 Å². The van der Waals surface area contributed by atoms with Gasteiger partial charge in [0, 0.05) is 0 Å². The van der Waals surface area contributed by atoms with Gasteiger partial charge in [0.1, 0.15) is 5.75 Å². The zero-order chi connectivity index (χ0) is 17.2. The number of ether oxygens (including phenoxy) is 2. The van der Waals surface area contributed by atoms with Crippen molar-refractivity contribution in [3.05, 3.63) is 52.0 Å². The molecule has 2 aromatic rings. The quantitative estimate of drug-likeness (QED) is 0.822. The number of hydrogen-bond donors (Lipinski definition) is 2. The Bertz CT molecular complexity index is 690. The predicted octanol–water partition coefficient (Wildman–Crippen LogP) is 4.11. The maximum Gasteiger partial charge on any atom is 0.573 e. The summed E-state index contributed by atoms with van der Waals surface area (Å²) in [6, 6.07) is 7.83. The van der Waals surface area contributed by atoms with Crippen LogP contribution in [0.2, 0.25) is 0 Å². The van der Waals surface area contributed by atoms with Crippen molar-refractivity contribution in [2.75, 3.05) is 7.11 Å². The maximum absolute atomic E-state index is 12.1. The summed E-state index contributed by atoms with van der Waals surface area (Å²) < 4.78 is 45.7. The Balaban J connectivity index is 2.27. The fourth-order valence-electron chi connectivity index (χ4n) is 2.00. The van der Waals surface area contributed by atoms with Gasteiger partial charge in [-0.2, -0.15) is 0 Å². The monoisotopic (exact) mass is 391 g/mol. The molecule has 0 aliphatic heterocycles. The molecule has 2 rings (SSSR count). The van der Waals surface area contributed by atoms with Gasteiger partial charge < -0.3 is 20.3 Å². The summed E-state index contributed by atoms with van der Waals surface area (Å²) in [6.45, 7) is 0. The molecule has 0 aliphatic carbocycles. The minimum Gasteiger partial charge on any atom is -0.503 e. The summed E-state index contributed by atoms with van der Waals surface area (Å²) in [6.07, 6.45) is -4.74. The average Bonchev–Trinajstić information content (AvgIpc) is 2.48. The third-order valence-corrected chi connectivity index (χ3v) is 3.71. The molecule has 0 fully saturated rings. The highest BCUT2D eigenvalue weighted by Crippen LogP contribution is 2.37. The Morgan fingerprint density at radius 3 is 2.26 bits per heavy atom. The number of rotatable bonds is 4. The third-order valence-electron chi connectivity index (χ3n) is 3.10. The number of nitrogens with two attached hydrogens (primary N) is 1. The van der Waals surface area contributed by atoms with Gasteiger partial charge in [-0.25, -0.2) is 0 Å². The largest absolute Gasteiger partial charge is 0.573 e. The summed E-state index contributed by atoms with van der Waals surface area (Å²) in [7, 11) is 1.40. The van der Waals surface area contributed by atoms with Crippen molar-refractivity contribution in [2.45, 2.75) is 12.4 Å². The van der Waals surface area contributed by atoms with Gasteiger partial charge in [0.25, 0.3) is 0 Å². The van der Waals surface area contributed by atoms with Gasteiger partial charge in [0.15, 0.2) is 11.5 Å². The van der Waals surface area contributed by atoms with Crippen LogP contribution in [0.5, 0.6) is 17.2 Å². The molecule has 4 nitrogen and oxygen atoms in total. The van der Waals surface area contributed by atoms with Crippen LogP contribution in [0.1, 0.15) is 17.2 Å². The van der Waals surface area contributed by atoms with Gasteiger partial charge in [-0.15, -0.1) is 13.2 Å². The summed E-state index contributed by atoms with van der Waals surface area (Å²) in [4.78, 5) is 0. The number of aromatic hydroxyl groups is 1. The smallest absolute Gasteiger partial charge is 0.503 e. The van der Waals surface area contributed by atoms with Gasteiger partial charge in [-0.3, -0.25) is 0 Å². The van der Waals surface area contributed by atoms with Crippen LogP contribution in [0.15, 0.2) is 40.9 Å². The molecule has 0 aliphatic rings. The van der Waals surface area contributed by atoms with Crippen molar-refractivity contribution in [2.24, 2.45) is 5.73 Å². The van der Waals surface area contributed by atoms with Crippen LogP contribution >= 0.6 is 15.9 Å². The number of methoxy groups -OCH3 is 1. The molecule has 0 spiro atoms. The van der Waals surface area contributed by atoms with Gasteiger partial charge in [0.05, 0.1) is 17.6 Å². The maximum atomic E-state index is 12.1. The van der Waals surface area contributed by atoms with Crippen LogP contribution in [0.4, 0.5) is 13.2 Å². The van der Waals surface area contributed by atoms with E-state index in [-0.39, 0.29) is 17.2 Å². The Hall–Kier alpha value is -1.93. The third kappa shape index (κ3) is 4.29. The summed E-state index contributed by atoms with van der Waals surface area (Å²) in [5.74, 6) is -0.142. The number of benzene rings is 2. The van der Waals surface area contributed by atoms with Crippen LogP contribution in [0.3, 0.4) is 0 Å². The van der Waals surface area contributed by atoms with Gasteiger partial charge >= 0.3 is 6.36 Å². The van der Waals surface area contributed by atoms with Crippen molar-refractivity contribution in [1.29, 1.82) is 0 Å². The van der Waals surface area contributed by atoms with Gasteiger partial charge in [0.2, 0.25) is 0 Å². The van der Waals surface area contributed by atoms with Crippen LogP contribution in [0, 0.1) is 0 Å². The highest BCUT2D eigenvalue weighted by molar-refractivity contribution is 9.10. The van der Waals surface area contributed by atoms with E-state index in [0.717, 1.165) is 0 Å². The van der Waals surface area contributed by atoms with Crippen molar-refractivity contribution in [3.63, 3.8) is 0 Å². The molecule has 0 radical (unpaired) electrons. The lowest BCUT2D eigenvalue weighted by Crippen LogP contribution is -2.17. The Labute approximate surface area is 138 Å². The average molecular weight is 392 g/mol. The molecular weight excluding hydrogens is 379 g/mol. The molecule has 0 saturated carbocycles. The SMILES string of the molecule is COc1cc([C@H](N)c2ccc(OC(F)(F)F)cc2)cc(Br)c1O. The van der Waals surface area contributed by atoms with E-state index < -0.39 is 12.4 Å². The standard InChI is InChI=1S/C15H13BrF3NO3/c1-22-12-7-9(6-11(16)14(12)21)13(20)8-2-4-10(5-3-8)23-15(17,18)19/h2-7,13,21H,20H2,1H3/t13-/m1/s1. The fraction of sp³-hybridized carbons (Fsp3) is 0.200. The van der Waals surface area contributed by atoms with E-state index in [4.69, 9.17) is 10.5 Å². The number of phenolic OH excluding ortho intramolecular Hbond substituents is 1. The molecule has 3 N–H and O–H groups in total. The Morgan fingerprint density at radius 1 is 1.13 bits per heavy atom. The zero-order valence-electron chi connectivity index (χ0n) is 11.9. The first-order chi connectivity index (χ1) is 10.7. The molecule has 23 heavy (non-hydrogen) atoms. The first-order valence-corrected chi connectivity index (χ1v) is 7.18. The van der Waals surface area contributed by atoms with E-state index >= 15 is 0 Å². The topological polar surface area (TPSA) is 64.7 Å². The molecular formula is C15H13BrF3NO3. The number of phenols is 1. The van der Waals surface area contributed by atoms with Crippen molar-refractivity contribution >= 4 is 15.9 Å². The van der Waals surface area contributed by atoms with E-state index in [2.05, 4.69) is 20.7 Å². The van der Waals surface area contributed by atoms with E-state index in [1.54, 1.807) is 12.1 Å². The number of hydrogen-bond acceptors (Lipinski definition) is 4. The molecule has 2 aromatic carbocycles. The molecule has 8 heteroatoms. The van der Waals surface area contributed by atoms with Crippen molar-refractivity contribution < 1.29 is 27.8 Å². The van der Waals surface area contributed by atoms with Crippen molar-refractivity contribution in [3.8, 4) is 17.2 Å². The normalized spacial score (nSPS) is 12.8.